The minimum absolute atomic E-state index is 0.00839. The van der Waals surface area contributed by atoms with Crippen LogP contribution in [0.4, 0.5) is 5.82 Å². The van der Waals surface area contributed by atoms with Crippen molar-refractivity contribution in [3.63, 3.8) is 0 Å². The van der Waals surface area contributed by atoms with Crippen LogP contribution in [0.15, 0.2) is 23.2 Å². The molecule has 1 saturated carbocycles. The number of aliphatic imine (C=N–C) groups is 1. The van der Waals surface area contributed by atoms with Crippen LogP contribution < -0.4 is 22.1 Å². The van der Waals surface area contributed by atoms with E-state index in [4.69, 9.17) is 11.5 Å². The van der Waals surface area contributed by atoms with Gasteiger partial charge in [0.15, 0.2) is 5.96 Å². The van der Waals surface area contributed by atoms with Crippen LogP contribution in [-0.2, 0) is 0 Å². The van der Waals surface area contributed by atoms with E-state index in [1.165, 1.54) is 0 Å². The monoisotopic (exact) mass is 383 g/mol. The maximum atomic E-state index is 12.4. The molecular formula is C20H29N7O. The average Bonchev–Trinajstić information content (AvgIpc) is 2.67. The molecule has 3 rings (SSSR count). The van der Waals surface area contributed by atoms with E-state index in [0.717, 1.165) is 48.6 Å². The molecule has 1 aromatic carbocycles. The zero-order valence-corrected chi connectivity index (χ0v) is 16.5. The van der Waals surface area contributed by atoms with Gasteiger partial charge in [0.1, 0.15) is 5.82 Å². The highest BCUT2D eigenvalue weighted by atomic mass is 16.2. The number of aromatic nitrogens is 2. The summed E-state index contributed by atoms with van der Waals surface area (Å²) in [5.41, 5.74) is 13.1. The van der Waals surface area contributed by atoms with Gasteiger partial charge in [-0.1, -0.05) is 31.4 Å². The molecule has 6 N–H and O–H groups in total. The first-order chi connectivity index (χ1) is 13.5. The van der Waals surface area contributed by atoms with Gasteiger partial charge in [-0.15, -0.1) is 0 Å². The zero-order chi connectivity index (χ0) is 20.1. The Morgan fingerprint density at radius 1 is 1.25 bits per heavy atom. The van der Waals surface area contributed by atoms with E-state index in [1.54, 1.807) is 0 Å². The first-order valence-corrected chi connectivity index (χ1v) is 9.89. The predicted octanol–water partition coefficient (Wildman–Crippen LogP) is 2.07. The molecule has 1 amide bonds. The van der Waals surface area contributed by atoms with Gasteiger partial charge in [-0.3, -0.25) is 4.79 Å². The molecule has 0 spiro atoms. The molecule has 2 aromatic rings. The van der Waals surface area contributed by atoms with Gasteiger partial charge in [0.05, 0.1) is 17.6 Å². The lowest BCUT2D eigenvalue weighted by Gasteiger charge is -2.30. The summed E-state index contributed by atoms with van der Waals surface area (Å²) in [6.45, 7) is 4.62. The SMILES string of the molecule is CCCNC(=O)c1nc(N[C@@H]2CCCC[C@@H]2N=C(N)N)c2cc(C)ccc2n1. The second-order valence-corrected chi connectivity index (χ2v) is 7.33. The molecule has 2 atom stereocenters. The van der Waals surface area contributed by atoms with Crippen LogP contribution in [-0.4, -0.2) is 40.5 Å². The molecule has 1 aliphatic rings. The molecule has 0 unspecified atom stereocenters. The molecule has 1 fully saturated rings. The number of nitrogens with one attached hydrogen (secondary N) is 2. The molecule has 0 saturated heterocycles. The number of carbonyl (C=O) groups is 1. The maximum Gasteiger partial charge on any atom is 0.289 e. The molecule has 150 valence electrons. The maximum absolute atomic E-state index is 12.4. The van der Waals surface area contributed by atoms with Gasteiger partial charge in [0.2, 0.25) is 5.82 Å². The lowest BCUT2D eigenvalue weighted by molar-refractivity contribution is 0.0943. The van der Waals surface area contributed by atoms with Crippen LogP contribution in [0.5, 0.6) is 0 Å². The van der Waals surface area contributed by atoms with Crippen molar-refractivity contribution in [1.29, 1.82) is 0 Å². The number of carbonyl (C=O) groups excluding carboxylic acids is 1. The summed E-state index contributed by atoms with van der Waals surface area (Å²) in [6, 6.07) is 5.98. The van der Waals surface area contributed by atoms with E-state index in [-0.39, 0.29) is 29.8 Å². The Morgan fingerprint density at radius 2 is 2.04 bits per heavy atom. The quantitative estimate of drug-likeness (QED) is 0.446. The van der Waals surface area contributed by atoms with Crippen LogP contribution in [0.3, 0.4) is 0 Å². The fourth-order valence-electron chi connectivity index (χ4n) is 3.57. The molecular weight excluding hydrogens is 354 g/mol. The van der Waals surface area contributed by atoms with Crippen molar-refractivity contribution in [3.8, 4) is 0 Å². The summed E-state index contributed by atoms with van der Waals surface area (Å²) < 4.78 is 0. The van der Waals surface area contributed by atoms with E-state index < -0.39 is 0 Å². The summed E-state index contributed by atoms with van der Waals surface area (Å²) in [4.78, 5) is 25.9. The highest BCUT2D eigenvalue weighted by Crippen LogP contribution is 2.28. The summed E-state index contributed by atoms with van der Waals surface area (Å²) in [5.74, 6) is 0.651. The number of nitrogens with two attached hydrogens (primary N) is 2. The van der Waals surface area contributed by atoms with Crippen molar-refractivity contribution in [2.75, 3.05) is 11.9 Å². The van der Waals surface area contributed by atoms with E-state index in [0.29, 0.717) is 12.4 Å². The van der Waals surface area contributed by atoms with E-state index >= 15 is 0 Å². The fraction of sp³-hybridized carbons (Fsp3) is 0.500. The number of hydrogen-bond acceptors (Lipinski definition) is 5. The minimum Gasteiger partial charge on any atom is -0.370 e. The number of guanidine groups is 1. The number of anilines is 1. The van der Waals surface area contributed by atoms with Crippen molar-refractivity contribution < 1.29 is 4.79 Å². The zero-order valence-electron chi connectivity index (χ0n) is 16.5. The Hall–Kier alpha value is -2.90. The summed E-state index contributed by atoms with van der Waals surface area (Å²) in [5, 5.41) is 7.24. The number of hydrogen-bond donors (Lipinski definition) is 4. The van der Waals surface area contributed by atoms with Gasteiger partial charge in [-0.25, -0.2) is 15.0 Å². The third kappa shape index (κ3) is 4.68. The van der Waals surface area contributed by atoms with Crippen LogP contribution in [0.1, 0.15) is 55.2 Å². The standard InChI is InChI=1S/C20H29N7O/c1-3-10-23-19(28)18-24-14-9-8-12(2)11-13(14)17(27-18)25-15-6-4-5-7-16(15)26-20(21)22/h8-9,11,15-16H,3-7,10H2,1-2H3,(H,23,28)(H4,21,22,26)(H,24,25,27)/t15-,16+/m1/s1. The van der Waals surface area contributed by atoms with E-state index in [9.17, 15) is 4.79 Å². The second-order valence-electron chi connectivity index (χ2n) is 7.33. The Balaban J connectivity index is 1.98. The third-order valence-corrected chi connectivity index (χ3v) is 4.96. The average molecular weight is 384 g/mol. The normalized spacial score (nSPS) is 19.2. The van der Waals surface area contributed by atoms with Crippen LogP contribution in [0.2, 0.25) is 0 Å². The largest absolute Gasteiger partial charge is 0.370 e. The van der Waals surface area contributed by atoms with Gasteiger partial charge in [0, 0.05) is 11.9 Å². The lowest BCUT2D eigenvalue weighted by Crippen LogP contribution is -2.38. The molecule has 0 bridgehead atoms. The molecule has 8 heteroatoms. The fourth-order valence-corrected chi connectivity index (χ4v) is 3.57. The second kappa shape index (κ2) is 8.86. The minimum atomic E-state index is -0.267. The van der Waals surface area contributed by atoms with Crippen molar-refractivity contribution in [2.24, 2.45) is 16.5 Å². The van der Waals surface area contributed by atoms with Crippen molar-refractivity contribution >= 4 is 28.6 Å². The Labute approximate surface area is 165 Å². The van der Waals surface area contributed by atoms with Crippen molar-refractivity contribution in [1.82, 2.24) is 15.3 Å². The number of amides is 1. The molecule has 1 heterocycles. The first kappa shape index (κ1) is 19.9. The van der Waals surface area contributed by atoms with Crippen LogP contribution in [0, 0.1) is 6.92 Å². The summed E-state index contributed by atoms with van der Waals surface area (Å²) in [6.07, 6.45) is 4.90. The van der Waals surface area contributed by atoms with Crippen molar-refractivity contribution in [3.05, 3.63) is 29.6 Å². The topological polar surface area (TPSA) is 131 Å². The molecule has 8 nitrogen and oxygen atoms in total. The van der Waals surface area contributed by atoms with Gasteiger partial charge < -0.3 is 22.1 Å². The molecule has 0 radical (unpaired) electrons. The highest BCUT2D eigenvalue weighted by Gasteiger charge is 2.26. The molecule has 0 aliphatic heterocycles. The Morgan fingerprint density at radius 3 is 2.79 bits per heavy atom. The number of benzene rings is 1. The van der Waals surface area contributed by atoms with E-state index in [1.807, 2.05) is 32.0 Å². The van der Waals surface area contributed by atoms with Gasteiger partial charge >= 0.3 is 0 Å². The van der Waals surface area contributed by atoms with Gasteiger partial charge in [-0.05, 0) is 38.3 Å². The first-order valence-electron chi connectivity index (χ1n) is 9.89. The molecule has 1 aromatic heterocycles. The lowest BCUT2D eigenvalue weighted by atomic mass is 9.90. The third-order valence-electron chi connectivity index (χ3n) is 4.96. The Bertz CT molecular complexity index is 876. The van der Waals surface area contributed by atoms with Crippen molar-refractivity contribution in [2.45, 2.75) is 58.0 Å². The van der Waals surface area contributed by atoms with Crippen LogP contribution in [0.25, 0.3) is 10.9 Å². The highest BCUT2D eigenvalue weighted by molar-refractivity contribution is 5.96. The number of rotatable bonds is 6. The number of aryl methyl sites for hydroxylation is 1. The Kier molecular flexibility index (Phi) is 6.28. The molecule has 28 heavy (non-hydrogen) atoms. The van der Waals surface area contributed by atoms with Crippen LogP contribution >= 0.6 is 0 Å². The van der Waals surface area contributed by atoms with E-state index in [2.05, 4.69) is 25.6 Å². The predicted molar refractivity (Wildman–Crippen MR) is 112 cm³/mol. The number of nitrogens with zero attached hydrogens (tertiary/aromatic N) is 3. The van der Waals surface area contributed by atoms with Gasteiger partial charge in [-0.2, -0.15) is 0 Å². The summed E-state index contributed by atoms with van der Waals surface area (Å²) in [7, 11) is 0. The van der Waals surface area contributed by atoms with Gasteiger partial charge in [0.25, 0.3) is 5.91 Å². The summed E-state index contributed by atoms with van der Waals surface area (Å²) >= 11 is 0. The molecule has 1 aliphatic carbocycles. The smallest absolute Gasteiger partial charge is 0.289 e. The number of fused-ring (bicyclic) bond motifs is 1.